The molecule has 1 heterocycles. The lowest BCUT2D eigenvalue weighted by molar-refractivity contribution is -0.0477. The Kier molecular flexibility index (Phi) is 3.50. The van der Waals surface area contributed by atoms with Crippen LogP contribution in [-0.2, 0) is 6.42 Å². The van der Waals surface area contributed by atoms with Gasteiger partial charge in [-0.05, 0) is 37.3 Å². The molecular formula is C13H21NO. The van der Waals surface area contributed by atoms with Crippen LogP contribution < -0.4 is 0 Å². The third-order valence-corrected chi connectivity index (χ3v) is 3.21. The van der Waals surface area contributed by atoms with E-state index in [4.69, 9.17) is 0 Å². The van der Waals surface area contributed by atoms with E-state index in [1.807, 2.05) is 25.1 Å². The van der Waals surface area contributed by atoms with Crippen LogP contribution in [0.25, 0.3) is 0 Å². The third kappa shape index (κ3) is 3.31. The summed E-state index contributed by atoms with van der Waals surface area (Å²) in [6.07, 6.45) is 3.36. The van der Waals surface area contributed by atoms with Crippen LogP contribution in [0.3, 0.4) is 0 Å². The number of hydrogen-bond acceptors (Lipinski definition) is 2. The standard InChI is InChI=1S/C13H21NO/c1-12(2,3)13(4,15)9-8-11-7-5-6-10-14-11/h5-7,10,15H,8-9H2,1-4H3. The van der Waals surface area contributed by atoms with Gasteiger partial charge in [0.1, 0.15) is 0 Å². The van der Waals surface area contributed by atoms with Crippen molar-refractivity contribution in [3.63, 3.8) is 0 Å². The van der Waals surface area contributed by atoms with Crippen LogP contribution >= 0.6 is 0 Å². The summed E-state index contributed by atoms with van der Waals surface area (Å²) >= 11 is 0. The van der Waals surface area contributed by atoms with Gasteiger partial charge < -0.3 is 5.11 Å². The molecule has 1 aromatic rings. The largest absolute Gasteiger partial charge is 0.390 e. The van der Waals surface area contributed by atoms with Crippen LogP contribution in [0.2, 0.25) is 0 Å². The first-order chi connectivity index (χ1) is 6.83. The highest BCUT2D eigenvalue weighted by molar-refractivity contribution is 5.04. The molecule has 1 rings (SSSR count). The first kappa shape index (κ1) is 12.2. The lowest BCUT2D eigenvalue weighted by Gasteiger charge is -2.37. The fraction of sp³-hybridized carbons (Fsp3) is 0.615. The molecule has 1 unspecified atom stereocenters. The summed E-state index contributed by atoms with van der Waals surface area (Å²) in [6.45, 7) is 8.08. The van der Waals surface area contributed by atoms with Crippen molar-refractivity contribution in [3.05, 3.63) is 30.1 Å². The lowest BCUT2D eigenvalue weighted by Crippen LogP contribution is -2.40. The minimum absolute atomic E-state index is 0.0955. The second-order valence-corrected chi connectivity index (χ2v) is 5.34. The Balaban J connectivity index is 2.58. The van der Waals surface area contributed by atoms with Crippen molar-refractivity contribution < 1.29 is 5.11 Å². The van der Waals surface area contributed by atoms with Crippen LogP contribution in [0, 0.1) is 5.41 Å². The van der Waals surface area contributed by atoms with Crippen molar-refractivity contribution in [2.45, 2.75) is 46.1 Å². The Morgan fingerprint density at radius 2 is 1.87 bits per heavy atom. The Labute approximate surface area is 92.4 Å². The molecule has 15 heavy (non-hydrogen) atoms. The highest BCUT2D eigenvalue weighted by Gasteiger charge is 2.34. The molecule has 1 N–H and O–H groups in total. The number of rotatable bonds is 3. The molecule has 0 aliphatic heterocycles. The van der Waals surface area contributed by atoms with Gasteiger partial charge in [-0.15, -0.1) is 0 Å². The zero-order chi connectivity index (χ0) is 11.5. The number of aromatic nitrogens is 1. The van der Waals surface area contributed by atoms with Crippen LogP contribution in [0.5, 0.6) is 0 Å². The first-order valence-electron chi connectivity index (χ1n) is 5.45. The highest BCUT2D eigenvalue weighted by atomic mass is 16.3. The zero-order valence-electron chi connectivity index (χ0n) is 10.1. The maximum absolute atomic E-state index is 10.3. The number of hydrogen-bond donors (Lipinski definition) is 1. The Morgan fingerprint density at radius 1 is 1.20 bits per heavy atom. The van der Waals surface area contributed by atoms with Gasteiger partial charge in [0.05, 0.1) is 5.60 Å². The minimum atomic E-state index is -0.648. The Hall–Kier alpha value is -0.890. The van der Waals surface area contributed by atoms with Crippen LogP contribution in [-0.4, -0.2) is 15.7 Å². The summed E-state index contributed by atoms with van der Waals surface area (Å²) in [5, 5.41) is 10.3. The predicted molar refractivity (Wildman–Crippen MR) is 62.6 cm³/mol. The molecule has 2 nitrogen and oxygen atoms in total. The first-order valence-corrected chi connectivity index (χ1v) is 5.45. The molecule has 0 aromatic carbocycles. The van der Waals surface area contributed by atoms with Gasteiger partial charge in [-0.2, -0.15) is 0 Å². The number of aliphatic hydroxyl groups is 1. The summed E-state index contributed by atoms with van der Waals surface area (Å²) in [5.74, 6) is 0. The lowest BCUT2D eigenvalue weighted by atomic mass is 9.75. The molecule has 0 amide bonds. The third-order valence-electron chi connectivity index (χ3n) is 3.21. The topological polar surface area (TPSA) is 33.1 Å². The normalized spacial score (nSPS) is 16.1. The van der Waals surface area contributed by atoms with E-state index < -0.39 is 5.60 Å². The van der Waals surface area contributed by atoms with E-state index in [0.29, 0.717) is 0 Å². The van der Waals surface area contributed by atoms with E-state index in [0.717, 1.165) is 18.5 Å². The van der Waals surface area contributed by atoms with E-state index in [1.54, 1.807) is 6.20 Å². The summed E-state index contributed by atoms with van der Waals surface area (Å²) in [6, 6.07) is 5.89. The molecule has 0 aliphatic carbocycles. The van der Waals surface area contributed by atoms with Gasteiger partial charge in [0, 0.05) is 11.9 Å². The number of pyridine rings is 1. The molecule has 0 bridgehead atoms. The average molecular weight is 207 g/mol. The monoisotopic (exact) mass is 207 g/mol. The fourth-order valence-corrected chi connectivity index (χ4v) is 1.29. The Morgan fingerprint density at radius 3 is 2.33 bits per heavy atom. The van der Waals surface area contributed by atoms with Crippen molar-refractivity contribution in [1.29, 1.82) is 0 Å². The van der Waals surface area contributed by atoms with E-state index >= 15 is 0 Å². The Bertz CT molecular complexity index is 298. The molecule has 0 saturated carbocycles. The van der Waals surface area contributed by atoms with E-state index in [9.17, 15) is 5.11 Å². The number of aryl methyl sites for hydroxylation is 1. The molecule has 84 valence electrons. The van der Waals surface area contributed by atoms with Crippen LogP contribution in [0.15, 0.2) is 24.4 Å². The molecule has 1 aromatic heterocycles. The van der Waals surface area contributed by atoms with Crippen molar-refractivity contribution in [3.8, 4) is 0 Å². The highest BCUT2D eigenvalue weighted by Crippen LogP contribution is 2.33. The van der Waals surface area contributed by atoms with Crippen LogP contribution in [0.4, 0.5) is 0 Å². The maximum atomic E-state index is 10.3. The van der Waals surface area contributed by atoms with Gasteiger partial charge in [-0.1, -0.05) is 26.8 Å². The summed E-state index contributed by atoms with van der Waals surface area (Å²) in [5.41, 5.74) is 0.300. The second kappa shape index (κ2) is 4.31. The summed E-state index contributed by atoms with van der Waals surface area (Å²) in [4.78, 5) is 4.25. The molecule has 0 radical (unpaired) electrons. The van der Waals surface area contributed by atoms with Crippen molar-refractivity contribution in [1.82, 2.24) is 4.98 Å². The van der Waals surface area contributed by atoms with E-state index in [-0.39, 0.29) is 5.41 Å². The maximum Gasteiger partial charge on any atom is 0.0671 e. The predicted octanol–water partition coefficient (Wildman–Crippen LogP) is 2.81. The van der Waals surface area contributed by atoms with Crippen LogP contribution in [0.1, 0.15) is 39.8 Å². The molecule has 0 saturated heterocycles. The molecule has 0 aliphatic rings. The number of nitrogens with zero attached hydrogens (tertiary/aromatic N) is 1. The second-order valence-electron chi connectivity index (χ2n) is 5.34. The van der Waals surface area contributed by atoms with Crippen molar-refractivity contribution >= 4 is 0 Å². The molecule has 0 fully saturated rings. The molecular weight excluding hydrogens is 186 g/mol. The van der Waals surface area contributed by atoms with E-state index in [2.05, 4.69) is 25.8 Å². The van der Waals surface area contributed by atoms with Crippen molar-refractivity contribution in [2.75, 3.05) is 0 Å². The minimum Gasteiger partial charge on any atom is -0.390 e. The van der Waals surface area contributed by atoms with Crippen molar-refractivity contribution in [2.24, 2.45) is 5.41 Å². The van der Waals surface area contributed by atoms with E-state index in [1.165, 1.54) is 0 Å². The van der Waals surface area contributed by atoms with Gasteiger partial charge in [-0.25, -0.2) is 0 Å². The quantitative estimate of drug-likeness (QED) is 0.826. The molecule has 2 heteroatoms. The molecule has 1 atom stereocenters. The summed E-state index contributed by atoms with van der Waals surface area (Å²) < 4.78 is 0. The molecule has 0 spiro atoms. The van der Waals surface area contributed by atoms with Gasteiger partial charge in [-0.3, -0.25) is 4.98 Å². The van der Waals surface area contributed by atoms with Gasteiger partial charge in [0.2, 0.25) is 0 Å². The van der Waals surface area contributed by atoms with Gasteiger partial charge in [0.15, 0.2) is 0 Å². The summed E-state index contributed by atoms with van der Waals surface area (Å²) in [7, 11) is 0. The van der Waals surface area contributed by atoms with Gasteiger partial charge in [0.25, 0.3) is 0 Å². The zero-order valence-corrected chi connectivity index (χ0v) is 10.1. The fourth-order valence-electron chi connectivity index (χ4n) is 1.29. The smallest absolute Gasteiger partial charge is 0.0671 e. The SMILES string of the molecule is CC(C)(C)C(C)(O)CCc1ccccn1. The average Bonchev–Trinajstić information content (AvgIpc) is 2.15. The van der Waals surface area contributed by atoms with Gasteiger partial charge >= 0.3 is 0 Å².